The normalized spacial score (nSPS) is 16.6. The summed E-state index contributed by atoms with van der Waals surface area (Å²) in [6, 6.07) is 3.72. The van der Waals surface area contributed by atoms with Gasteiger partial charge < -0.3 is 5.32 Å². The van der Waals surface area contributed by atoms with E-state index in [0.29, 0.717) is 11.0 Å². The monoisotopic (exact) mass is 296 g/mol. The second-order valence-corrected chi connectivity index (χ2v) is 5.46. The van der Waals surface area contributed by atoms with Gasteiger partial charge in [0.15, 0.2) is 0 Å². The average Bonchev–Trinajstić information content (AvgIpc) is 3.07. The van der Waals surface area contributed by atoms with Crippen molar-refractivity contribution in [1.29, 1.82) is 0 Å². The number of aromatic nitrogens is 1. The second kappa shape index (κ2) is 4.77. The summed E-state index contributed by atoms with van der Waals surface area (Å²) in [7, 11) is 0. The maximum Gasteiger partial charge on any atom is 0.253 e. The van der Waals surface area contributed by atoms with Crippen molar-refractivity contribution in [2.45, 2.75) is 26.7 Å². The molecule has 1 amide bonds. The molecule has 1 aliphatic carbocycles. The quantitative estimate of drug-likeness (QED) is 0.868. The molecule has 3 nitrogen and oxygen atoms in total. The van der Waals surface area contributed by atoms with Gasteiger partial charge in [0.2, 0.25) is 0 Å². The molecule has 1 saturated carbocycles. The van der Waals surface area contributed by atoms with Crippen LogP contribution in [0.1, 0.15) is 34.6 Å². The van der Waals surface area contributed by atoms with Crippen LogP contribution in [-0.4, -0.2) is 22.8 Å². The van der Waals surface area contributed by atoms with Gasteiger partial charge in [-0.25, -0.2) is 0 Å². The van der Waals surface area contributed by atoms with Gasteiger partial charge in [0.05, 0.1) is 11.3 Å². The smallest absolute Gasteiger partial charge is 0.253 e. The Labute approximate surface area is 110 Å². The Morgan fingerprint density at radius 3 is 2.71 bits per heavy atom. The molecule has 1 aliphatic rings. The van der Waals surface area contributed by atoms with Gasteiger partial charge in [0, 0.05) is 17.6 Å². The minimum absolute atomic E-state index is 0.0118. The third-order valence-electron chi connectivity index (χ3n) is 3.33. The van der Waals surface area contributed by atoms with Gasteiger partial charge in [-0.2, -0.15) is 0 Å². The van der Waals surface area contributed by atoms with Crippen LogP contribution in [0.25, 0.3) is 0 Å². The lowest BCUT2D eigenvalue weighted by molar-refractivity contribution is 0.0945. The first-order valence-corrected chi connectivity index (χ1v) is 6.97. The number of hydrogen-bond donors (Lipinski definition) is 1. The number of amides is 1. The lowest BCUT2D eigenvalue weighted by Crippen LogP contribution is -2.31. The minimum atomic E-state index is -0.0118. The molecule has 1 heterocycles. The van der Waals surface area contributed by atoms with Gasteiger partial charge in [-0.1, -0.05) is 15.9 Å². The highest BCUT2D eigenvalue weighted by molar-refractivity contribution is 9.09. The van der Waals surface area contributed by atoms with E-state index in [1.54, 1.807) is 0 Å². The van der Waals surface area contributed by atoms with Gasteiger partial charge in [-0.3, -0.25) is 9.78 Å². The van der Waals surface area contributed by atoms with Gasteiger partial charge in [-0.15, -0.1) is 0 Å². The van der Waals surface area contributed by atoms with Crippen LogP contribution >= 0.6 is 15.9 Å². The summed E-state index contributed by atoms with van der Waals surface area (Å²) >= 11 is 3.50. The summed E-state index contributed by atoms with van der Waals surface area (Å²) in [5, 5.41) is 3.97. The van der Waals surface area contributed by atoms with Crippen molar-refractivity contribution in [3.8, 4) is 0 Å². The summed E-state index contributed by atoms with van der Waals surface area (Å²) in [6.45, 7) is 4.56. The molecule has 17 heavy (non-hydrogen) atoms. The molecule has 0 radical (unpaired) electrons. The molecule has 92 valence electrons. The lowest BCUT2D eigenvalue weighted by Gasteiger charge is -2.13. The molecular formula is C13H17BrN2O. The predicted octanol–water partition coefficient (Wildman–Crippen LogP) is 2.60. The standard InChI is InChI=1S/C13H17BrN2O/c1-9-3-4-11(10(2)16-9)12(17)15-8-13(7-14)5-6-13/h3-4H,5-8H2,1-2H3,(H,15,17). The molecule has 0 atom stereocenters. The maximum absolute atomic E-state index is 12.0. The van der Waals surface area contributed by atoms with Crippen LogP contribution in [0.2, 0.25) is 0 Å². The van der Waals surface area contributed by atoms with E-state index in [1.165, 1.54) is 12.8 Å². The average molecular weight is 297 g/mol. The molecule has 1 fully saturated rings. The Bertz CT molecular complexity index is 441. The van der Waals surface area contributed by atoms with E-state index < -0.39 is 0 Å². The van der Waals surface area contributed by atoms with E-state index in [9.17, 15) is 4.79 Å². The van der Waals surface area contributed by atoms with Crippen molar-refractivity contribution in [3.63, 3.8) is 0 Å². The summed E-state index contributed by atoms with van der Waals surface area (Å²) in [5.41, 5.74) is 2.73. The van der Waals surface area contributed by atoms with Gasteiger partial charge >= 0.3 is 0 Å². The molecule has 0 unspecified atom stereocenters. The summed E-state index contributed by atoms with van der Waals surface area (Å²) in [5.74, 6) is -0.0118. The Balaban J connectivity index is 2.00. The number of hydrogen-bond acceptors (Lipinski definition) is 2. The van der Waals surface area contributed by atoms with Gasteiger partial charge in [-0.05, 0) is 44.2 Å². The minimum Gasteiger partial charge on any atom is -0.351 e. The molecule has 4 heteroatoms. The molecule has 0 aromatic carbocycles. The molecule has 0 spiro atoms. The van der Waals surface area contributed by atoms with E-state index in [4.69, 9.17) is 0 Å². The zero-order valence-electron chi connectivity index (χ0n) is 10.2. The molecule has 1 aromatic rings. The first kappa shape index (κ1) is 12.6. The number of carbonyl (C=O) groups excluding carboxylic acids is 1. The summed E-state index contributed by atoms with van der Waals surface area (Å²) in [6.07, 6.45) is 2.40. The fourth-order valence-corrected chi connectivity index (χ4v) is 2.58. The number of carbonyl (C=O) groups is 1. The Hall–Kier alpha value is -0.900. The first-order valence-electron chi connectivity index (χ1n) is 5.85. The highest BCUT2D eigenvalue weighted by Crippen LogP contribution is 2.46. The van der Waals surface area contributed by atoms with Gasteiger partial charge in [0.1, 0.15) is 0 Å². The molecule has 0 aliphatic heterocycles. The zero-order chi connectivity index (χ0) is 12.5. The number of alkyl halides is 1. The molecule has 0 bridgehead atoms. The summed E-state index contributed by atoms with van der Waals surface area (Å²) in [4.78, 5) is 16.3. The van der Waals surface area contributed by atoms with E-state index in [-0.39, 0.29) is 5.91 Å². The maximum atomic E-state index is 12.0. The number of aryl methyl sites for hydroxylation is 2. The number of nitrogens with one attached hydrogen (secondary N) is 1. The number of halogens is 1. The van der Waals surface area contributed by atoms with Crippen LogP contribution in [0.5, 0.6) is 0 Å². The number of nitrogens with zero attached hydrogens (tertiary/aromatic N) is 1. The first-order chi connectivity index (χ1) is 8.06. The van der Waals surface area contributed by atoms with E-state index in [2.05, 4.69) is 26.2 Å². The fraction of sp³-hybridized carbons (Fsp3) is 0.538. The molecule has 1 N–H and O–H groups in total. The fourth-order valence-electron chi connectivity index (χ4n) is 1.82. The molecule has 2 rings (SSSR count). The van der Waals surface area contributed by atoms with Crippen molar-refractivity contribution < 1.29 is 4.79 Å². The van der Waals surface area contributed by atoms with Crippen molar-refractivity contribution in [2.75, 3.05) is 11.9 Å². The molecule has 0 saturated heterocycles. The SMILES string of the molecule is Cc1ccc(C(=O)NCC2(CBr)CC2)c(C)n1. The largest absolute Gasteiger partial charge is 0.351 e. The third kappa shape index (κ3) is 2.86. The van der Waals surface area contributed by atoms with Crippen LogP contribution in [0, 0.1) is 19.3 Å². The number of rotatable bonds is 4. The van der Waals surface area contributed by atoms with E-state index in [0.717, 1.165) is 23.3 Å². The van der Waals surface area contributed by atoms with Crippen molar-refractivity contribution in [1.82, 2.24) is 10.3 Å². The molecule has 1 aromatic heterocycles. The highest BCUT2D eigenvalue weighted by Gasteiger charge is 2.41. The van der Waals surface area contributed by atoms with E-state index >= 15 is 0 Å². The van der Waals surface area contributed by atoms with Crippen LogP contribution in [0.3, 0.4) is 0 Å². The zero-order valence-corrected chi connectivity index (χ0v) is 11.8. The summed E-state index contributed by atoms with van der Waals surface area (Å²) < 4.78 is 0. The van der Waals surface area contributed by atoms with Crippen LogP contribution in [0.15, 0.2) is 12.1 Å². The van der Waals surface area contributed by atoms with E-state index in [1.807, 2.05) is 26.0 Å². The Kier molecular flexibility index (Phi) is 3.52. The second-order valence-electron chi connectivity index (χ2n) is 4.90. The highest BCUT2D eigenvalue weighted by atomic mass is 79.9. The van der Waals surface area contributed by atoms with Crippen molar-refractivity contribution in [2.24, 2.45) is 5.41 Å². The van der Waals surface area contributed by atoms with Gasteiger partial charge in [0.25, 0.3) is 5.91 Å². The Morgan fingerprint density at radius 1 is 1.47 bits per heavy atom. The van der Waals surface area contributed by atoms with Crippen LogP contribution < -0.4 is 5.32 Å². The third-order valence-corrected chi connectivity index (χ3v) is 4.52. The number of pyridine rings is 1. The lowest BCUT2D eigenvalue weighted by atomic mass is 10.1. The Morgan fingerprint density at radius 2 is 2.18 bits per heavy atom. The topological polar surface area (TPSA) is 42.0 Å². The van der Waals surface area contributed by atoms with Crippen LogP contribution in [-0.2, 0) is 0 Å². The van der Waals surface area contributed by atoms with Crippen molar-refractivity contribution in [3.05, 3.63) is 29.1 Å². The van der Waals surface area contributed by atoms with Crippen molar-refractivity contribution >= 4 is 21.8 Å². The molecular weight excluding hydrogens is 280 g/mol. The van der Waals surface area contributed by atoms with Crippen LogP contribution in [0.4, 0.5) is 0 Å². The predicted molar refractivity (Wildman–Crippen MR) is 71.5 cm³/mol.